The summed E-state index contributed by atoms with van der Waals surface area (Å²) < 4.78 is 13.1. The number of likely N-dealkylation sites (tertiary alicyclic amines) is 1. The van der Waals surface area contributed by atoms with Gasteiger partial charge in [-0.05, 0) is 43.0 Å². The van der Waals surface area contributed by atoms with Crippen LogP contribution in [0.2, 0.25) is 5.02 Å². The van der Waals surface area contributed by atoms with Crippen molar-refractivity contribution < 1.29 is 14.3 Å². The van der Waals surface area contributed by atoms with Gasteiger partial charge in [-0.2, -0.15) is 0 Å². The molecule has 1 aromatic rings. The van der Waals surface area contributed by atoms with Gasteiger partial charge in [-0.15, -0.1) is 0 Å². The summed E-state index contributed by atoms with van der Waals surface area (Å²) in [5.41, 5.74) is 0.961. The molecule has 0 aliphatic carbocycles. The van der Waals surface area contributed by atoms with Crippen molar-refractivity contribution in [2.24, 2.45) is 5.92 Å². The number of aliphatic carboxylic acids is 1. The maximum atomic E-state index is 13.1. The van der Waals surface area contributed by atoms with Gasteiger partial charge in [0.25, 0.3) is 0 Å². The highest BCUT2D eigenvalue weighted by atomic mass is 35.5. The fraction of sp³-hybridized carbons (Fsp3) is 0.500. The van der Waals surface area contributed by atoms with Gasteiger partial charge in [-0.1, -0.05) is 17.7 Å². The number of halogens is 2. The Bertz CT molecular complexity index is 467. The summed E-state index contributed by atoms with van der Waals surface area (Å²) in [6.45, 7) is 2.42. The van der Waals surface area contributed by atoms with Crippen LogP contribution in [0.25, 0.3) is 0 Å². The molecule has 0 radical (unpaired) electrons. The standard InChI is InChI=1S/C14H17ClFNO2/c15-12-6-11(3-4-13(12)16)9-17-5-1-2-10(8-17)7-14(18)19/h3-4,6,10H,1-2,5,7-9H2,(H,18,19). The molecule has 1 unspecified atom stereocenters. The minimum absolute atomic E-state index is 0.136. The van der Waals surface area contributed by atoms with E-state index < -0.39 is 11.8 Å². The summed E-state index contributed by atoms with van der Waals surface area (Å²) in [7, 11) is 0. The summed E-state index contributed by atoms with van der Waals surface area (Å²) in [6, 6.07) is 4.73. The number of carboxylic acids is 1. The van der Waals surface area contributed by atoms with Gasteiger partial charge in [0.15, 0.2) is 0 Å². The average Bonchev–Trinajstić information content (AvgIpc) is 2.33. The van der Waals surface area contributed by atoms with E-state index in [2.05, 4.69) is 4.90 Å². The number of nitrogens with zero attached hydrogens (tertiary/aromatic N) is 1. The maximum Gasteiger partial charge on any atom is 0.303 e. The Morgan fingerprint density at radius 2 is 2.32 bits per heavy atom. The molecule has 5 heteroatoms. The minimum atomic E-state index is -0.739. The summed E-state index contributed by atoms with van der Waals surface area (Å²) in [6.07, 6.45) is 2.19. The van der Waals surface area contributed by atoms with Crippen LogP contribution in [0.1, 0.15) is 24.8 Å². The number of hydrogen-bond acceptors (Lipinski definition) is 2. The van der Waals surface area contributed by atoms with Crippen molar-refractivity contribution in [1.29, 1.82) is 0 Å². The summed E-state index contributed by atoms with van der Waals surface area (Å²) >= 11 is 5.76. The van der Waals surface area contributed by atoms with Crippen molar-refractivity contribution in [1.82, 2.24) is 4.90 Å². The van der Waals surface area contributed by atoms with Crippen LogP contribution in [0, 0.1) is 11.7 Å². The normalized spacial score (nSPS) is 20.4. The second-order valence-corrected chi connectivity index (χ2v) is 5.50. The van der Waals surface area contributed by atoms with Crippen LogP contribution in [-0.2, 0) is 11.3 Å². The molecule has 19 heavy (non-hydrogen) atoms. The van der Waals surface area contributed by atoms with Crippen LogP contribution in [0.3, 0.4) is 0 Å². The van der Waals surface area contributed by atoms with Crippen LogP contribution in [-0.4, -0.2) is 29.1 Å². The lowest BCUT2D eigenvalue weighted by Crippen LogP contribution is -2.35. The van der Waals surface area contributed by atoms with Gasteiger partial charge >= 0.3 is 5.97 Å². The number of piperidine rings is 1. The second-order valence-electron chi connectivity index (χ2n) is 5.09. The molecule has 1 aromatic carbocycles. The van der Waals surface area contributed by atoms with Gasteiger partial charge in [0, 0.05) is 19.5 Å². The molecule has 1 atom stereocenters. The first-order valence-electron chi connectivity index (χ1n) is 6.42. The Labute approximate surface area is 117 Å². The zero-order valence-electron chi connectivity index (χ0n) is 10.6. The first-order chi connectivity index (χ1) is 9.04. The Hall–Kier alpha value is -1.13. The Morgan fingerprint density at radius 3 is 3.00 bits per heavy atom. The third-order valence-electron chi connectivity index (χ3n) is 3.46. The zero-order valence-corrected chi connectivity index (χ0v) is 11.4. The lowest BCUT2D eigenvalue weighted by Gasteiger charge is -2.32. The molecule has 2 rings (SSSR count). The van der Waals surface area contributed by atoms with Crippen LogP contribution < -0.4 is 0 Å². The van der Waals surface area contributed by atoms with Crippen molar-refractivity contribution in [2.75, 3.05) is 13.1 Å². The smallest absolute Gasteiger partial charge is 0.303 e. The van der Waals surface area contributed by atoms with Crippen LogP contribution in [0.5, 0.6) is 0 Å². The fourth-order valence-electron chi connectivity index (χ4n) is 2.60. The second kappa shape index (κ2) is 6.35. The zero-order chi connectivity index (χ0) is 13.8. The van der Waals surface area contributed by atoms with Gasteiger partial charge in [-0.25, -0.2) is 4.39 Å². The van der Waals surface area contributed by atoms with Crippen LogP contribution in [0.15, 0.2) is 18.2 Å². The molecule has 0 bridgehead atoms. The summed E-state index contributed by atoms with van der Waals surface area (Å²) in [5.74, 6) is -0.938. The van der Waals surface area contributed by atoms with E-state index in [-0.39, 0.29) is 17.4 Å². The number of carboxylic acid groups (broad SMARTS) is 1. The molecule has 1 aliphatic rings. The van der Waals surface area contributed by atoms with Crippen LogP contribution in [0.4, 0.5) is 4.39 Å². The lowest BCUT2D eigenvalue weighted by atomic mass is 9.94. The minimum Gasteiger partial charge on any atom is -0.481 e. The molecule has 1 N–H and O–H groups in total. The largest absolute Gasteiger partial charge is 0.481 e. The van der Waals surface area contributed by atoms with E-state index in [0.717, 1.165) is 31.5 Å². The topological polar surface area (TPSA) is 40.5 Å². The third-order valence-corrected chi connectivity index (χ3v) is 3.75. The van der Waals surface area contributed by atoms with Gasteiger partial charge in [-0.3, -0.25) is 9.69 Å². The Balaban J connectivity index is 1.94. The molecule has 1 heterocycles. The highest BCUT2D eigenvalue weighted by molar-refractivity contribution is 6.30. The van der Waals surface area contributed by atoms with Gasteiger partial charge in [0.1, 0.15) is 5.82 Å². The van der Waals surface area contributed by atoms with E-state index in [9.17, 15) is 9.18 Å². The molecule has 104 valence electrons. The summed E-state index contributed by atoms with van der Waals surface area (Å²) in [5, 5.41) is 8.97. The summed E-state index contributed by atoms with van der Waals surface area (Å²) in [4.78, 5) is 12.9. The highest BCUT2D eigenvalue weighted by Gasteiger charge is 2.22. The SMILES string of the molecule is O=C(O)CC1CCCN(Cc2ccc(F)c(Cl)c2)C1. The van der Waals surface area contributed by atoms with E-state index in [1.807, 2.05) is 0 Å². The van der Waals surface area contributed by atoms with Crippen molar-refractivity contribution in [3.8, 4) is 0 Å². The molecule has 0 aromatic heterocycles. The van der Waals surface area contributed by atoms with Crippen molar-refractivity contribution in [3.05, 3.63) is 34.6 Å². The van der Waals surface area contributed by atoms with Gasteiger partial charge < -0.3 is 5.11 Å². The number of rotatable bonds is 4. The average molecular weight is 286 g/mol. The Kier molecular flexibility index (Phi) is 4.77. The molecule has 0 amide bonds. The molecule has 0 spiro atoms. The predicted octanol–water partition coefficient (Wildman–Crippen LogP) is 3.17. The first kappa shape index (κ1) is 14.3. The monoisotopic (exact) mass is 285 g/mol. The quantitative estimate of drug-likeness (QED) is 0.924. The molecular weight excluding hydrogens is 269 g/mol. The molecule has 1 aliphatic heterocycles. The van der Waals surface area contributed by atoms with E-state index >= 15 is 0 Å². The van der Waals surface area contributed by atoms with E-state index in [4.69, 9.17) is 16.7 Å². The predicted molar refractivity (Wildman–Crippen MR) is 71.7 cm³/mol. The fourth-order valence-corrected chi connectivity index (χ4v) is 2.81. The van der Waals surface area contributed by atoms with Crippen molar-refractivity contribution >= 4 is 17.6 Å². The van der Waals surface area contributed by atoms with E-state index in [1.165, 1.54) is 6.07 Å². The number of benzene rings is 1. The van der Waals surface area contributed by atoms with E-state index in [1.54, 1.807) is 12.1 Å². The number of carbonyl (C=O) groups is 1. The lowest BCUT2D eigenvalue weighted by molar-refractivity contribution is -0.138. The van der Waals surface area contributed by atoms with Crippen molar-refractivity contribution in [3.63, 3.8) is 0 Å². The van der Waals surface area contributed by atoms with Crippen molar-refractivity contribution in [2.45, 2.75) is 25.8 Å². The Morgan fingerprint density at radius 1 is 1.53 bits per heavy atom. The van der Waals surface area contributed by atoms with E-state index in [0.29, 0.717) is 6.54 Å². The maximum absolute atomic E-state index is 13.1. The highest BCUT2D eigenvalue weighted by Crippen LogP contribution is 2.23. The number of hydrogen-bond donors (Lipinski definition) is 1. The molecule has 3 nitrogen and oxygen atoms in total. The van der Waals surface area contributed by atoms with Gasteiger partial charge in [0.2, 0.25) is 0 Å². The first-order valence-corrected chi connectivity index (χ1v) is 6.80. The van der Waals surface area contributed by atoms with Crippen LogP contribution >= 0.6 is 11.6 Å². The molecule has 1 fully saturated rings. The molecule has 0 saturated carbocycles. The molecule has 1 saturated heterocycles. The van der Waals surface area contributed by atoms with Gasteiger partial charge in [0.05, 0.1) is 5.02 Å². The third kappa shape index (κ3) is 4.18. The molecular formula is C14H17ClFNO2.